The number of alkyl halides is 3. The van der Waals surface area contributed by atoms with E-state index in [9.17, 15) is 18.0 Å². The second-order valence-corrected chi connectivity index (χ2v) is 7.35. The van der Waals surface area contributed by atoms with E-state index < -0.39 is 11.7 Å². The molecule has 0 bridgehead atoms. The van der Waals surface area contributed by atoms with Crippen molar-refractivity contribution in [3.8, 4) is 11.3 Å². The summed E-state index contributed by atoms with van der Waals surface area (Å²) in [7, 11) is 0. The molecule has 0 fully saturated rings. The summed E-state index contributed by atoms with van der Waals surface area (Å²) in [4.78, 5) is 17.3. The first-order valence-electron chi connectivity index (χ1n) is 7.65. The molecule has 0 saturated carbocycles. The first kappa shape index (κ1) is 17.7. The van der Waals surface area contributed by atoms with Crippen molar-refractivity contribution >= 4 is 34.4 Å². The third-order valence-electron chi connectivity index (χ3n) is 3.93. The number of carbonyl (C=O) groups excluding carboxylic acids is 1. The number of ketones is 1. The van der Waals surface area contributed by atoms with Crippen LogP contribution in [-0.2, 0) is 6.18 Å². The maximum Gasteiger partial charge on any atom is 0.416 e. The Kier molecular flexibility index (Phi) is 4.24. The van der Waals surface area contributed by atoms with Crippen LogP contribution >= 0.6 is 22.9 Å². The first-order valence-corrected chi connectivity index (χ1v) is 8.84. The summed E-state index contributed by atoms with van der Waals surface area (Å²) in [6.45, 7) is 0. The zero-order chi connectivity index (χ0) is 19.2. The van der Waals surface area contributed by atoms with Crippen molar-refractivity contribution in [2.24, 2.45) is 0 Å². The third kappa shape index (κ3) is 3.22. The second kappa shape index (κ2) is 6.47. The summed E-state index contributed by atoms with van der Waals surface area (Å²) in [6.07, 6.45) is -1.66. The van der Waals surface area contributed by atoms with Gasteiger partial charge in [0.05, 0.1) is 32.2 Å². The van der Waals surface area contributed by atoms with Crippen LogP contribution in [0.4, 0.5) is 13.2 Å². The van der Waals surface area contributed by atoms with Gasteiger partial charge in [0, 0.05) is 11.8 Å². The average Bonchev–Trinajstić information content (AvgIpc) is 3.26. The number of hydrogen-bond acceptors (Lipinski definition) is 4. The minimum atomic E-state index is -4.45. The van der Waals surface area contributed by atoms with Gasteiger partial charge in [0.1, 0.15) is 0 Å². The molecule has 0 N–H and O–H groups in total. The van der Waals surface area contributed by atoms with Gasteiger partial charge in [0.25, 0.3) is 0 Å². The molecule has 27 heavy (non-hydrogen) atoms. The molecule has 9 heteroatoms. The minimum absolute atomic E-state index is 0.252. The fraction of sp³-hybridized carbons (Fsp3) is 0.0556. The molecule has 0 atom stereocenters. The molecule has 0 spiro atoms. The van der Waals surface area contributed by atoms with Gasteiger partial charge in [0.2, 0.25) is 5.78 Å². The summed E-state index contributed by atoms with van der Waals surface area (Å²) in [6, 6.07) is 9.69. The Labute approximate surface area is 159 Å². The van der Waals surface area contributed by atoms with Crippen molar-refractivity contribution < 1.29 is 18.0 Å². The number of halogens is 4. The SMILES string of the molecule is O=C(c1ccc(Cl)s1)c1cnn2c(-c3cccc(C(F)(F)F)c3)ccnc12. The van der Waals surface area contributed by atoms with Gasteiger partial charge in [-0.15, -0.1) is 11.3 Å². The van der Waals surface area contributed by atoms with Gasteiger partial charge < -0.3 is 0 Å². The Morgan fingerprint density at radius 2 is 1.96 bits per heavy atom. The number of thiophene rings is 1. The average molecular weight is 408 g/mol. The van der Waals surface area contributed by atoms with Gasteiger partial charge in [-0.2, -0.15) is 18.3 Å². The molecule has 3 aromatic heterocycles. The lowest BCUT2D eigenvalue weighted by atomic mass is 10.1. The molecule has 0 aliphatic rings. The molecular formula is C18H9ClF3N3OS. The van der Waals surface area contributed by atoms with Crippen LogP contribution in [0.5, 0.6) is 0 Å². The highest BCUT2D eigenvalue weighted by atomic mass is 35.5. The number of hydrogen-bond donors (Lipinski definition) is 0. The monoisotopic (exact) mass is 407 g/mol. The van der Waals surface area contributed by atoms with E-state index in [1.54, 1.807) is 24.3 Å². The topological polar surface area (TPSA) is 47.3 Å². The maximum absolute atomic E-state index is 13.0. The fourth-order valence-corrected chi connectivity index (χ4v) is 3.69. The van der Waals surface area contributed by atoms with Crippen LogP contribution in [0.15, 0.2) is 54.9 Å². The molecule has 136 valence electrons. The molecule has 0 amide bonds. The van der Waals surface area contributed by atoms with E-state index in [1.165, 1.54) is 23.0 Å². The normalized spacial score (nSPS) is 11.9. The van der Waals surface area contributed by atoms with E-state index >= 15 is 0 Å². The minimum Gasteiger partial charge on any atom is -0.287 e. The number of nitrogens with zero attached hydrogens (tertiary/aromatic N) is 3. The lowest BCUT2D eigenvalue weighted by molar-refractivity contribution is -0.137. The van der Waals surface area contributed by atoms with Gasteiger partial charge in [-0.25, -0.2) is 9.50 Å². The number of fused-ring (bicyclic) bond motifs is 1. The van der Waals surface area contributed by atoms with E-state index in [4.69, 9.17) is 11.6 Å². The number of carbonyl (C=O) groups is 1. The van der Waals surface area contributed by atoms with Crippen molar-refractivity contribution in [1.82, 2.24) is 14.6 Å². The first-order chi connectivity index (χ1) is 12.8. The molecule has 4 aromatic rings. The van der Waals surface area contributed by atoms with Crippen LogP contribution in [0.3, 0.4) is 0 Å². The van der Waals surface area contributed by atoms with Crippen molar-refractivity contribution in [3.63, 3.8) is 0 Å². The predicted octanol–water partition coefficient (Wildman–Crippen LogP) is 5.36. The van der Waals surface area contributed by atoms with Crippen molar-refractivity contribution in [2.75, 3.05) is 0 Å². The standard InChI is InChI=1S/C18H9ClF3N3OS/c19-15-5-4-14(27-15)16(26)12-9-24-25-13(6-7-23-17(12)25)10-2-1-3-11(8-10)18(20,21)22/h1-9H. The summed E-state index contributed by atoms with van der Waals surface area (Å²) >= 11 is 7.01. The molecular weight excluding hydrogens is 399 g/mol. The van der Waals surface area contributed by atoms with Crippen LogP contribution in [0.25, 0.3) is 16.9 Å². The van der Waals surface area contributed by atoms with Gasteiger partial charge in [0.15, 0.2) is 5.65 Å². The molecule has 0 radical (unpaired) electrons. The Morgan fingerprint density at radius 1 is 1.15 bits per heavy atom. The smallest absolute Gasteiger partial charge is 0.287 e. The number of aromatic nitrogens is 3. The largest absolute Gasteiger partial charge is 0.416 e. The maximum atomic E-state index is 13.0. The zero-order valence-corrected chi connectivity index (χ0v) is 14.9. The molecule has 3 heterocycles. The lowest BCUT2D eigenvalue weighted by Crippen LogP contribution is -2.05. The van der Waals surface area contributed by atoms with E-state index in [0.717, 1.165) is 23.5 Å². The van der Waals surface area contributed by atoms with Gasteiger partial charge >= 0.3 is 6.18 Å². The highest BCUT2D eigenvalue weighted by Gasteiger charge is 2.30. The fourth-order valence-electron chi connectivity index (χ4n) is 2.69. The van der Waals surface area contributed by atoms with Crippen molar-refractivity contribution in [3.05, 3.63) is 75.2 Å². The molecule has 4 nitrogen and oxygen atoms in total. The number of rotatable bonds is 3. The van der Waals surface area contributed by atoms with E-state index in [-0.39, 0.29) is 17.0 Å². The Morgan fingerprint density at radius 3 is 2.67 bits per heavy atom. The molecule has 0 aliphatic heterocycles. The highest BCUT2D eigenvalue weighted by Crippen LogP contribution is 2.32. The van der Waals surface area contributed by atoms with Crippen LogP contribution in [0.2, 0.25) is 4.34 Å². The van der Waals surface area contributed by atoms with Gasteiger partial charge in [-0.3, -0.25) is 4.79 Å². The van der Waals surface area contributed by atoms with Crippen molar-refractivity contribution in [2.45, 2.75) is 6.18 Å². The molecule has 1 aromatic carbocycles. The van der Waals surface area contributed by atoms with E-state index in [1.807, 2.05) is 0 Å². The van der Waals surface area contributed by atoms with Crippen molar-refractivity contribution in [1.29, 1.82) is 0 Å². The molecule has 0 saturated heterocycles. The lowest BCUT2D eigenvalue weighted by Gasteiger charge is -2.09. The summed E-state index contributed by atoms with van der Waals surface area (Å²) in [5, 5.41) is 4.16. The Hall–Kier alpha value is -2.71. The second-order valence-electron chi connectivity index (χ2n) is 5.64. The number of benzene rings is 1. The van der Waals surface area contributed by atoms with Gasteiger partial charge in [-0.05, 0) is 30.3 Å². The zero-order valence-electron chi connectivity index (χ0n) is 13.4. The summed E-state index contributed by atoms with van der Waals surface area (Å²) in [5.74, 6) is -0.296. The quantitative estimate of drug-likeness (QED) is 0.429. The van der Waals surface area contributed by atoms with Gasteiger partial charge in [-0.1, -0.05) is 23.7 Å². The van der Waals surface area contributed by atoms with Crippen LogP contribution < -0.4 is 0 Å². The summed E-state index contributed by atoms with van der Waals surface area (Å²) in [5.41, 5.74) is 0.469. The van der Waals surface area contributed by atoms with Crippen LogP contribution in [0.1, 0.15) is 20.8 Å². The highest BCUT2D eigenvalue weighted by molar-refractivity contribution is 7.18. The summed E-state index contributed by atoms with van der Waals surface area (Å²) < 4.78 is 40.9. The molecule has 0 unspecified atom stereocenters. The molecule has 4 rings (SSSR count). The van der Waals surface area contributed by atoms with Crippen LogP contribution in [-0.4, -0.2) is 20.4 Å². The van der Waals surface area contributed by atoms with E-state index in [0.29, 0.717) is 20.5 Å². The Balaban J connectivity index is 1.83. The predicted molar refractivity (Wildman–Crippen MR) is 96.2 cm³/mol. The van der Waals surface area contributed by atoms with Crippen LogP contribution in [0, 0.1) is 0 Å². The van der Waals surface area contributed by atoms with E-state index in [2.05, 4.69) is 10.1 Å². The molecule has 0 aliphatic carbocycles. The third-order valence-corrected chi connectivity index (χ3v) is 5.16. The Bertz CT molecular complexity index is 1170.